The largest absolute Gasteiger partial charge is 0.462 e. The molecule has 0 fully saturated rings. The van der Waals surface area contributed by atoms with E-state index in [0.717, 1.165) is 4.47 Å². The number of ether oxygens (including phenoxy) is 1. The smallest absolute Gasteiger partial charge is 0.339 e. The summed E-state index contributed by atoms with van der Waals surface area (Å²) in [5.74, 6) is -0.262. The van der Waals surface area contributed by atoms with Gasteiger partial charge in [0.1, 0.15) is 11.6 Å². The topological polar surface area (TPSA) is 51.2 Å². The van der Waals surface area contributed by atoms with Gasteiger partial charge in [-0.05, 0) is 53.2 Å². The number of esters is 1. The van der Waals surface area contributed by atoms with Crippen molar-refractivity contribution >= 4 is 33.4 Å². The molecule has 0 aliphatic rings. The molecule has 1 aromatic heterocycles. The zero-order valence-electron chi connectivity index (χ0n) is 10.7. The quantitative estimate of drug-likeness (QED) is 0.859. The molecular weight excluding hydrogens is 327 g/mol. The van der Waals surface area contributed by atoms with Crippen molar-refractivity contribution in [2.45, 2.75) is 6.92 Å². The Kier molecular flexibility index (Phi) is 4.68. The highest BCUT2D eigenvalue weighted by Crippen LogP contribution is 2.25. The minimum Gasteiger partial charge on any atom is -0.462 e. The van der Waals surface area contributed by atoms with Crippen LogP contribution in [0, 0.1) is 5.82 Å². The minimum absolute atomic E-state index is 0.315. The number of benzene rings is 1. The lowest BCUT2D eigenvalue weighted by molar-refractivity contribution is 0.0526. The van der Waals surface area contributed by atoms with Crippen LogP contribution in [-0.2, 0) is 4.74 Å². The van der Waals surface area contributed by atoms with Gasteiger partial charge < -0.3 is 10.1 Å². The molecule has 0 bridgehead atoms. The number of rotatable bonds is 4. The number of carbonyl (C=O) groups excluding carboxylic acids is 1. The summed E-state index contributed by atoms with van der Waals surface area (Å²) >= 11 is 3.32. The number of nitrogens with zero attached hydrogens (tertiary/aromatic N) is 1. The molecule has 104 valence electrons. The van der Waals surface area contributed by atoms with Crippen molar-refractivity contribution in [3.8, 4) is 0 Å². The van der Waals surface area contributed by atoms with Gasteiger partial charge in [-0.3, -0.25) is 0 Å². The molecule has 0 unspecified atom stereocenters. The number of pyridine rings is 1. The predicted octanol–water partition coefficient (Wildman–Crippen LogP) is 3.90. The average molecular weight is 339 g/mol. The lowest BCUT2D eigenvalue weighted by Gasteiger charge is -2.08. The summed E-state index contributed by atoms with van der Waals surface area (Å²) in [5.41, 5.74) is 0.928. The molecule has 0 amide bonds. The maximum Gasteiger partial charge on any atom is 0.339 e. The normalized spacial score (nSPS) is 10.2. The van der Waals surface area contributed by atoms with E-state index in [9.17, 15) is 9.18 Å². The molecule has 0 atom stereocenters. The molecule has 0 aliphatic carbocycles. The van der Waals surface area contributed by atoms with Gasteiger partial charge in [0.2, 0.25) is 0 Å². The molecule has 20 heavy (non-hydrogen) atoms. The fraction of sp³-hybridized carbons (Fsp3) is 0.143. The number of halogens is 2. The fourth-order valence-corrected chi connectivity index (χ4v) is 1.88. The monoisotopic (exact) mass is 338 g/mol. The molecule has 1 N–H and O–H groups in total. The third kappa shape index (κ3) is 3.54. The van der Waals surface area contributed by atoms with E-state index >= 15 is 0 Å². The van der Waals surface area contributed by atoms with Gasteiger partial charge in [-0.25, -0.2) is 14.2 Å². The van der Waals surface area contributed by atoms with Crippen LogP contribution in [0.2, 0.25) is 0 Å². The van der Waals surface area contributed by atoms with Gasteiger partial charge in [0.25, 0.3) is 0 Å². The Morgan fingerprint density at radius 2 is 2.20 bits per heavy atom. The van der Waals surface area contributed by atoms with Crippen molar-refractivity contribution in [3.63, 3.8) is 0 Å². The Labute approximate surface area is 124 Å². The number of hydrogen-bond acceptors (Lipinski definition) is 4. The van der Waals surface area contributed by atoms with Crippen LogP contribution in [-0.4, -0.2) is 17.6 Å². The summed E-state index contributed by atoms with van der Waals surface area (Å²) in [6, 6.07) is 7.53. The Morgan fingerprint density at radius 3 is 2.85 bits per heavy atom. The SMILES string of the molecule is CCOC(=O)c1ccc(Nc2cc(F)ccc2Br)nc1. The first-order valence-electron chi connectivity index (χ1n) is 5.95. The number of anilines is 2. The maximum absolute atomic E-state index is 13.2. The van der Waals surface area contributed by atoms with Crippen LogP contribution in [0.4, 0.5) is 15.9 Å². The van der Waals surface area contributed by atoms with Gasteiger partial charge in [-0.2, -0.15) is 0 Å². The van der Waals surface area contributed by atoms with Crippen molar-refractivity contribution < 1.29 is 13.9 Å². The summed E-state index contributed by atoms with van der Waals surface area (Å²) in [5, 5.41) is 2.96. The van der Waals surface area contributed by atoms with Crippen molar-refractivity contribution in [3.05, 3.63) is 52.4 Å². The predicted molar refractivity (Wildman–Crippen MR) is 77.6 cm³/mol. The van der Waals surface area contributed by atoms with Crippen LogP contribution >= 0.6 is 15.9 Å². The highest BCUT2D eigenvalue weighted by molar-refractivity contribution is 9.10. The summed E-state index contributed by atoms with van der Waals surface area (Å²) < 4.78 is 18.7. The van der Waals surface area contributed by atoms with E-state index in [1.165, 1.54) is 18.3 Å². The van der Waals surface area contributed by atoms with Crippen molar-refractivity contribution in [2.24, 2.45) is 0 Å². The van der Waals surface area contributed by atoms with Gasteiger partial charge in [0, 0.05) is 10.7 Å². The van der Waals surface area contributed by atoms with Gasteiger partial charge in [0.15, 0.2) is 0 Å². The van der Waals surface area contributed by atoms with Crippen LogP contribution < -0.4 is 5.32 Å². The fourth-order valence-electron chi connectivity index (χ4n) is 1.53. The van der Waals surface area contributed by atoms with Crippen molar-refractivity contribution in [1.29, 1.82) is 0 Å². The summed E-state index contributed by atoms with van der Waals surface area (Å²) in [6.07, 6.45) is 1.41. The zero-order valence-corrected chi connectivity index (χ0v) is 12.3. The molecule has 1 heterocycles. The average Bonchev–Trinajstić information content (AvgIpc) is 2.44. The van der Waals surface area contributed by atoms with E-state index in [-0.39, 0.29) is 5.82 Å². The van der Waals surface area contributed by atoms with E-state index < -0.39 is 5.97 Å². The van der Waals surface area contributed by atoms with E-state index in [1.807, 2.05) is 0 Å². The summed E-state index contributed by atoms with van der Waals surface area (Å²) in [7, 11) is 0. The Morgan fingerprint density at radius 1 is 1.40 bits per heavy atom. The molecule has 0 saturated heterocycles. The highest BCUT2D eigenvalue weighted by atomic mass is 79.9. The standard InChI is InChI=1S/C14H12BrFN2O2/c1-2-20-14(19)9-3-6-13(17-8-9)18-12-7-10(16)4-5-11(12)15/h3-8H,2H2,1H3,(H,17,18). The van der Waals surface area contributed by atoms with Crippen molar-refractivity contribution in [1.82, 2.24) is 4.98 Å². The van der Waals surface area contributed by atoms with Crippen LogP contribution in [0.25, 0.3) is 0 Å². The molecule has 0 radical (unpaired) electrons. The van der Waals surface area contributed by atoms with Gasteiger partial charge >= 0.3 is 5.97 Å². The Hall–Kier alpha value is -1.95. The van der Waals surface area contributed by atoms with E-state index in [1.54, 1.807) is 25.1 Å². The first-order valence-corrected chi connectivity index (χ1v) is 6.74. The number of aromatic nitrogens is 1. The minimum atomic E-state index is -0.418. The van der Waals surface area contributed by atoms with E-state index in [0.29, 0.717) is 23.7 Å². The molecule has 1 aromatic carbocycles. The first kappa shape index (κ1) is 14.5. The van der Waals surface area contributed by atoms with Crippen LogP contribution in [0.3, 0.4) is 0 Å². The van der Waals surface area contributed by atoms with Gasteiger partial charge in [-0.15, -0.1) is 0 Å². The first-order chi connectivity index (χ1) is 9.60. The lowest BCUT2D eigenvalue weighted by Crippen LogP contribution is -2.05. The van der Waals surface area contributed by atoms with E-state index in [2.05, 4.69) is 26.2 Å². The highest BCUT2D eigenvalue weighted by Gasteiger charge is 2.07. The zero-order chi connectivity index (χ0) is 14.5. The molecule has 4 nitrogen and oxygen atoms in total. The summed E-state index contributed by atoms with van der Waals surface area (Å²) in [6.45, 7) is 2.05. The van der Waals surface area contributed by atoms with Gasteiger partial charge in [-0.1, -0.05) is 0 Å². The Bertz CT molecular complexity index is 617. The molecule has 0 aliphatic heterocycles. The van der Waals surface area contributed by atoms with Crippen LogP contribution in [0.5, 0.6) is 0 Å². The molecule has 2 rings (SSSR count). The number of hydrogen-bond donors (Lipinski definition) is 1. The maximum atomic E-state index is 13.2. The second-order valence-electron chi connectivity index (χ2n) is 3.90. The summed E-state index contributed by atoms with van der Waals surface area (Å²) in [4.78, 5) is 15.6. The van der Waals surface area contributed by atoms with Crippen LogP contribution in [0.1, 0.15) is 17.3 Å². The number of carbonyl (C=O) groups is 1. The Balaban J connectivity index is 2.14. The second-order valence-corrected chi connectivity index (χ2v) is 4.76. The molecule has 6 heteroatoms. The molecule has 0 spiro atoms. The van der Waals surface area contributed by atoms with Crippen molar-refractivity contribution in [2.75, 3.05) is 11.9 Å². The molecular formula is C14H12BrFN2O2. The third-order valence-corrected chi connectivity index (χ3v) is 3.16. The third-order valence-electron chi connectivity index (χ3n) is 2.47. The van der Waals surface area contributed by atoms with Crippen LogP contribution in [0.15, 0.2) is 41.0 Å². The molecule has 2 aromatic rings. The molecule has 0 saturated carbocycles. The lowest BCUT2D eigenvalue weighted by atomic mass is 10.2. The second kappa shape index (κ2) is 6.47. The number of nitrogens with one attached hydrogen (secondary N) is 1. The van der Waals surface area contributed by atoms with E-state index in [4.69, 9.17) is 4.74 Å². The van der Waals surface area contributed by atoms with Gasteiger partial charge in [0.05, 0.1) is 17.9 Å².